The van der Waals surface area contributed by atoms with Crippen LogP contribution in [-0.2, 0) is 0 Å². The van der Waals surface area contributed by atoms with Crippen molar-refractivity contribution in [2.45, 2.75) is 44.0 Å². The second-order valence-electron chi connectivity index (χ2n) is 9.24. The lowest BCUT2D eigenvalue weighted by Gasteiger charge is -2.31. The molecule has 1 aliphatic heterocycles. The molecule has 10 heteroatoms. The van der Waals surface area contributed by atoms with E-state index in [2.05, 4.69) is 57.8 Å². The van der Waals surface area contributed by atoms with E-state index in [1.807, 2.05) is 24.8 Å². The van der Waals surface area contributed by atoms with Crippen LogP contribution in [0.1, 0.15) is 31.7 Å². The molecule has 1 atom stereocenters. The monoisotopic (exact) mass is 530 g/mol. The van der Waals surface area contributed by atoms with Crippen LogP contribution in [0.25, 0.3) is 22.0 Å². The van der Waals surface area contributed by atoms with Crippen LogP contribution in [-0.4, -0.2) is 61.1 Å². The summed E-state index contributed by atoms with van der Waals surface area (Å²) in [6.07, 6.45) is 5.12. The van der Waals surface area contributed by atoms with Gasteiger partial charge >= 0.3 is 6.09 Å². The number of benzene rings is 2. The van der Waals surface area contributed by atoms with Crippen molar-refractivity contribution in [3.8, 4) is 22.9 Å². The molecule has 1 fully saturated rings. The number of ether oxygens (including phenoxy) is 1. The highest BCUT2D eigenvalue weighted by Gasteiger charge is 2.24. The van der Waals surface area contributed by atoms with Gasteiger partial charge in [-0.25, -0.2) is 14.8 Å². The molecule has 1 aliphatic rings. The van der Waals surface area contributed by atoms with Gasteiger partial charge in [-0.1, -0.05) is 31.2 Å². The number of hydrogen-bond donors (Lipinski definition) is 2. The van der Waals surface area contributed by atoms with Gasteiger partial charge in [0.15, 0.2) is 0 Å². The van der Waals surface area contributed by atoms with Gasteiger partial charge < -0.3 is 20.1 Å². The van der Waals surface area contributed by atoms with Crippen molar-refractivity contribution in [3.05, 3.63) is 60.4 Å². The van der Waals surface area contributed by atoms with Crippen LogP contribution in [0.4, 0.5) is 10.7 Å². The molecule has 3 heterocycles. The smallest absolute Gasteiger partial charge is 0.407 e. The molecule has 1 saturated heterocycles. The van der Waals surface area contributed by atoms with Crippen LogP contribution in [0, 0.1) is 6.92 Å². The molecule has 0 unspecified atom stereocenters. The van der Waals surface area contributed by atoms with Gasteiger partial charge in [0.25, 0.3) is 0 Å². The first kappa shape index (κ1) is 25.7. The summed E-state index contributed by atoms with van der Waals surface area (Å²) in [5.74, 6) is 2.58. The number of carboxylic acid groups (broad SMARTS) is 1. The standard InChI is InChI=1S/C28H30N6O3S/c1-3-16-38-24-8-4-7-21-20(24)10-9-18(2)25(21)37-26-22(11-14-30-33-26)23-12-13-29-27(32-23)31-19-6-5-15-34(17-19)28(35)36/h4,7-14,19H,3,5-6,15-17H2,1-2H3,(H,35,36)(H,29,31,32)/t19-/m0/s1. The molecule has 0 saturated carbocycles. The molecule has 2 aromatic heterocycles. The fourth-order valence-corrected chi connectivity index (χ4v) is 5.53. The van der Waals surface area contributed by atoms with E-state index in [9.17, 15) is 9.90 Å². The molecule has 9 nitrogen and oxygen atoms in total. The summed E-state index contributed by atoms with van der Waals surface area (Å²) in [4.78, 5) is 23.1. The maximum Gasteiger partial charge on any atom is 0.407 e. The Bertz CT molecular complexity index is 1450. The van der Waals surface area contributed by atoms with Gasteiger partial charge in [0, 0.05) is 35.6 Å². The molecular formula is C28H30N6O3S. The van der Waals surface area contributed by atoms with Crippen LogP contribution in [0.3, 0.4) is 0 Å². The third-order valence-corrected chi connectivity index (χ3v) is 7.75. The number of nitrogens with one attached hydrogen (secondary N) is 1. The molecule has 38 heavy (non-hydrogen) atoms. The first-order chi connectivity index (χ1) is 18.5. The Kier molecular flexibility index (Phi) is 7.88. The van der Waals surface area contributed by atoms with Crippen LogP contribution < -0.4 is 10.1 Å². The molecule has 0 radical (unpaired) electrons. The van der Waals surface area contributed by atoms with Crippen LogP contribution in [0.5, 0.6) is 11.6 Å². The molecule has 2 aromatic carbocycles. The Hall–Kier alpha value is -3.92. The average Bonchev–Trinajstić information content (AvgIpc) is 2.94. The summed E-state index contributed by atoms with van der Waals surface area (Å²) in [6.45, 7) is 5.14. The minimum atomic E-state index is -0.907. The quantitative estimate of drug-likeness (QED) is 0.255. The summed E-state index contributed by atoms with van der Waals surface area (Å²) in [6, 6.07) is 14.1. The third kappa shape index (κ3) is 5.65. The number of nitrogens with zero attached hydrogens (tertiary/aromatic N) is 5. The number of aromatic nitrogens is 4. The molecule has 2 N–H and O–H groups in total. The lowest BCUT2D eigenvalue weighted by atomic mass is 10.1. The zero-order valence-electron chi connectivity index (χ0n) is 21.4. The van der Waals surface area contributed by atoms with E-state index >= 15 is 0 Å². The number of piperidine rings is 1. The summed E-state index contributed by atoms with van der Waals surface area (Å²) < 4.78 is 6.46. The molecule has 5 rings (SSSR count). The maximum atomic E-state index is 11.4. The highest BCUT2D eigenvalue weighted by atomic mass is 32.2. The van der Waals surface area contributed by atoms with Crippen molar-refractivity contribution >= 4 is 34.6 Å². The number of rotatable bonds is 8. The highest BCUT2D eigenvalue weighted by molar-refractivity contribution is 7.99. The molecule has 4 aromatic rings. The van der Waals surface area contributed by atoms with E-state index in [-0.39, 0.29) is 6.04 Å². The number of aryl methyl sites for hydroxylation is 1. The lowest BCUT2D eigenvalue weighted by Crippen LogP contribution is -2.44. The second kappa shape index (κ2) is 11.6. The normalized spacial score (nSPS) is 15.4. The number of hydrogen-bond acceptors (Lipinski definition) is 8. The Labute approximate surface area is 225 Å². The van der Waals surface area contributed by atoms with E-state index in [0.29, 0.717) is 36.2 Å². The number of amides is 1. The predicted molar refractivity (Wildman–Crippen MR) is 149 cm³/mol. The maximum absolute atomic E-state index is 11.4. The van der Waals surface area contributed by atoms with Crippen LogP contribution in [0.2, 0.25) is 0 Å². The summed E-state index contributed by atoms with van der Waals surface area (Å²) >= 11 is 1.85. The molecular weight excluding hydrogens is 500 g/mol. The molecule has 0 aliphatic carbocycles. The van der Waals surface area contributed by atoms with Gasteiger partial charge in [0.1, 0.15) is 5.75 Å². The van der Waals surface area contributed by atoms with E-state index in [0.717, 1.165) is 47.1 Å². The topological polar surface area (TPSA) is 113 Å². The highest BCUT2D eigenvalue weighted by Crippen LogP contribution is 2.39. The van der Waals surface area contributed by atoms with Crippen molar-refractivity contribution < 1.29 is 14.6 Å². The number of carbonyl (C=O) groups is 1. The predicted octanol–water partition coefficient (Wildman–Crippen LogP) is 6.24. The minimum absolute atomic E-state index is 0.0560. The third-order valence-electron chi connectivity index (χ3n) is 6.47. The first-order valence-electron chi connectivity index (χ1n) is 12.8. The van der Waals surface area contributed by atoms with E-state index in [1.54, 1.807) is 18.5 Å². The summed E-state index contributed by atoms with van der Waals surface area (Å²) in [7, 11) is 0. The van der Waals surface area contributed by atoms with Crippen molar-refractivity contribution in [1.82, 2.24) is 25.1 Å². The van der Waals surface area contributed by atoms with Crippen molar-refractivity contribution in [1.29, 1.82) is 0 Å². The first-order valence-corrected chi connectivity index (χ1v) is 13.7. The fraction of sp³-hybridized carbons (Fsp3) is 0.321. The van der Waals surface area contributed by atoms with Gasteiger partial charge in [-0.05, 0) is 61.1 Å². The molecule has 1 amide bonds. The SMILES string of the molecule is CCCSc1cccc2c(Oc3nnccc3-c3ccnc(N[C@H]4CCCN(C(=O)O)C4)n3)c(C)ccc12. The van der Waals surface area contributed by atoms with Gasteiger partial charge in [0.05, 0.1) is 17.5 Å². The van der Waals surface area contributed by atoms with Crippen molar-refractivity contribution in [2.75, 3.05) is 24.2 Å². The number of fused-ring (bicyclic) bond motifs is 1. The number of anilines is 1. The zero-order valence-corrected chi connectivity index (χ0v) is 22.2. The molecule has 0 spiro atoms. The Balaban J connectivity index is 1.44. The Morgan fingerprint density at radius 1 is 1.18 bits per heavy atom. The number of likely N-dealkylation sites (tertiary alicyclic amines) is 1. The molecule has 196 valence electrons. The summed E-state index contributed by atoms with van der Waals surface area (Å²) in [5.41, 5.74) is 2.32. The van der Waals surface area contributed by atoms with Crippen molar-refractivity contribution in [3.63, 3.8) is 0 Å². The summed E-state index contributed by atoms with van der Waals surface area (Å²) in [5, 5.41) is 23.2. The second-order valence-corrected chi connectivity index (χ2v) is 10.4. The van der Waals surface area contributed by atoms with Crippen LogP contribution in [0.15, 0.2) is 59.8 Å². The average molecular weight is 531 g/mol. The Morgan fingerprint density at radius 2 is 2.08 bits per heavy atom. The fourth-order valence-electron chi connectivity index (χ4n) is 4.60. The van der Waals surface area contributed by atoms with Crippen LogP contribution >= 0.6 is 11.8 Å². The molecule has 0 bridgehead atoms. The van der Waals surface area contributed by atoms with E-state index < -0.39 is 6.09 Å². The number of thioether (sulfide) groups is 1. The minimum Gasteiger partial charge on any atom is -0.465 e. The van der Waals surface area contributed by atoms with Crippen molar-refractivity contribution in [2.24, 2.45) is 0 Å². The zero-order chi connectivity index (χ0) is 26.5. The van der Waals surface area contributed by atoms with Gasteiger partial charge in [0.2, 0.25) is 11.8 Å². The van der Waals surface area contributed by atoms with E-state index in [4.69, 9.17) is 9.72 Å². The van der Waals surface area contributed by atoms with E-state index in [1.165, 1.54) is 9.80 Å². The lowest BCUT2D eigenvalue weighted by molar-refractivity contribution is 0.132. The van der Waals surface area contributed by atoms with Gasteiger partial charge in [-0.2, -0.15) is 5.10 Å². The largest absolute Gasteiger partial charge is 0.465 e. The Morgan fingerprint density at radius 3 is 2.92 bits per heavy atom. The van der Waals surface area contributed by atoms with Gasteiger partial charge in [-0.3, -0.25) is 0 Å². The van der Waals surface area contributed by atoms with Gasteiger partial charge in [-0.15, -0.1) is 16.9 Å².